The molecule has 26 heavy (non-hydrogen) atoms. The largest absolute Gasteiger partial charge is 0.497 e. The van der Waals surface area contributed by atoms with E-state index < -0.39 is 5.91 Å². The fraction of sp³-hybridized carbons (Fsp3) is 0.0556. The van der Waals surface area contributed by atoms with Crippen molar-refractivity contribution < 1.29 is 14.3 Å². The molecule has 3 rings (SSSR count). The van der Waals surface area contributed by atoms with Crippen molar-refractivity contribution in [1.82, 2.24) is 10.4 Å². The third kappa shape index (κ3) is 4.07. The summed E-state index contributed by atoms with van der Waals surface area (Å²) in [5.74, 6) is -0.143. The number of hydrogen-bond acceptors (Lipinski definition) is 5. The average Bonchev–Trinajstić information content (AvgIpc) is 2.90. The SMILES string of the molecule is COc1cccc(/C=C2\SC(=S)N(NC(=O)c3ccc(Cl)cc3)C2=O)c1. The molecule has 0 aromatic heterocycles. The van der Waals surface area contributed by atoms with E-state index in [1.807, 2.05) is 18.2 Å². The summed E-state index contributed by atoms with van der Waals surface area (Å²) in [7, 11) is 1.57. The Labute approximate surface area is 164 Å². The molecule has 0 bridgehead atoms. The van der Waals surface area contributed by atoms with E-state index in [9.17, 15) is 9.59 Å². The number of nitrogens with one attached hydrogen (secondary N) is 1. The fourth-order valence-electron chi connectivity index (χ4n) is 2.21. The zero-order valence-electron chi connectivity index (χ0n) is 13.6. The Kier molecular flexibility index (Phi) is 5.61. The number of methoxy groups -OCH3 is 1. The molecule has 2 aromatic rings. The quantitative estimate of drug-likeness (QED) is 0.618. The molecule has 1 aliphatic heterocycles. The van der Waals surface area contributed by atoms with E-state index in [1.165, 1.54) is 0 Å². The number of hydrogen-bond donors (Lipinski definition) is 1. The fourth-order valence-corrected chi connectivity index (χ4v) is 3.52. The van der Waals surface area contributed by atoms with Gasteiger partial charge in [0, 0.05) is 10.6 Å². The topological polar surface area (TPSA) is 58.6 Å². The predicted molar refractivity (Wildman–Crippen MR) is 107 cm³/mol. The lowest BCUT2D eigenvalue weighted by Gasteiger charge is -2.15. The van der Waals surface area contributed by atoms with Crippen LogP contribution in [0.15, 0.2) is 53.4 Å². The van der Waals surface area contributed by atoms with Gasteiger partial charge in [0.05, 0.1) is 12.0 Å². The van der Waals surface area contributed by atoms with Crippen LogP contribution in [0.2, 0.25) is 5.02 Å². The van der Waals surface area contributed by atoms with E-state index in [4.69, 9.17) is 28.6 Å². The summed E-state index contributed by atoms with van der Waals surface area (Å²) in [6.07, 6.45) is 1.70. The standard InChI is InChI=1S/C18H13ClN2O3S2/c1-24-14-4-2-3-11(9-14)10-15-17(23)21(18(25)26-15)20-16(22)12-5-7-13(19)8-6-12/h2-10H,1H3,(H,20,22)/b15-10-. The number of hydrazine groups is 1. The molecule has 0 saturated carbocycles. The zero-order chi connectivity index (χ0) is 18.7. The molecule has 0 atom stereocenters. The van der Waals surface area contributed by atoms with Gasteiger partial charge in [0.25, 0.3) is 11.8 Å². The van der Waals surface area contributed by atoms with E-state index in [0.29, 0.717) is 21.2 Å². The second kappa shape index (κ2) is 7.90. The Hall–Kier alpha value is -2.35. The van der Waals surface area contributed by atoms with Gasteiger partial charge in [-0.15, -0.1) is 0 Å². The molecular formula is C18H13ClN2O3S2. The molecule has 1 N–H and O–H groups in total. The van der Waals surface area contributed by atoms with Crippen LogP contribution in [0.1, 0.15) is 15.9 Å². The van der Waals surface area contributed by atoms with Crippen molar-refractivity contribution in [2.24, 2.45) is 0 Å². The average molecular weight is 405 g/mol. The van der Waals surface area contributed by atoms with Crippen LogP contribution in [0.5, 0.6) is 5.75 Å². The molecule has 0 spiro atoms. The Morgan fingerprint density at radius 3 is 2.69 bits per heavy atom. The molecule has 0 radical (unpaired) electrons. The number of thioether (sulfide) groups is 1. The highest BCUT2D eigenvalue weighted by atomic mass is 35.5. The number of thiocarbonyl (C=S) groups is 1. The number of ether oxygens (including phenoxy) is 1. The minimum atomic E-state index is -0.444. The molecule has 0 aliphatic carbocycles. The van der Waals surface area contributed by atoms with Crippen LogP contribution >= 0.6 is 35.6 Å². The molecule has 1 aliphatic rings. The van der Waals surface area contributed by atoms with Crippen molar-refractivity contribution in [1.29, 1.82) is 0 Å². The highest BCUT2D eigenvalue weighted by Crippen LogP contribution is 2.32. The molecular weight excluding hydrogens is 392 g/mol. The van der Waals surface area contributed by atoms with Crippen molar-refractivity contribution in [3.05, 3.63) is 69.6 Å². The lowest BCUT2D eigenvalue weighted by Crippen LogP contribution is -2.44. The van der Waals surface area contributed by atoms with Gasteiger partial charge in [-0.1, -0.05) is 35.5 Å². The van der Waals surface area contributed by atoms with Gasteiger partial charge < -0.3 is 4.74 Å². The van der Waals surface area contributed by atoms with Crippen molar-refractivity contribution in [2.45, 2.75) is 0 Å². The highest BCUT2D eigenvalue weighted by Gasteiger charge is 2.33. The molecule has 1 saturated heterocycles. The minimum Gasteiger partial charge on any atom is -0.497 e. The van der Waals surface area contributed by atoms with Crippen molar-refractivity contribution in [2.75, 3.05) is 7.11 Å². The van der Waals surface area contributed by atoms with Gasteiger partial charge in [-0.05, 0) is 60.3 Å². The van der Waals surface area contributed by atoms with Gasteiger partial charge in [-0.2, -0.15) is 5.01 Å². The first-order chi connectivity index (χ1) is 12.5. The number of amides is 2. The number of benzene rings is 2. The molecule has 2 aromatic carbocycles. The molecule has 132 valence electrons. The summed E-state index contributed by atoms with van der Waals surface area (Å²) in [5.41, 5.74) is 3.70. The van der Waals surface area contributed by atoms with Gasteiger partial charge >= 0.3 is 0 Å². The van der Waals surface area contributed by atoms with E-state index in [-0.39, 0.29) is 10.2 Å². The van der Waals surface area contributed by atoms with Crippen LogP contribution in [0.3, 0.4) is 0 Å². The van der Waals surface area contributed by atoms with Crippen LogP contribution in [0.25, 0.3) is 6.08 Å². The first kappa shape index (κ1) is 18.4. The van der Waals surface area contributed by atoms with Gasteiger partial charge in [0.15, 0.2) is 4.32 Å². The van der Waals surface area contributed by atoms with Crippen molar-refractivity contribution in [3.8, 4) is 5.75 Å². The summed E-state index contributed by atoms with van der Waals surface area (Å²) < 4.78 is 5.43. The Balaban J connectivity index is 1.77. The lowest BCUT2D eigenvalue weighted by molar-refractivity contribution is -0.123. The molecule has 8 heteroatoms. The monoisotopic (exact) mass is 404 g/mol. The first-order valence-corrected chi connectivity index (χ1v) is 9.07. The molecule has 1 fully saturated rings. The van der Waals surface area contributed by atoms with Gasteiger partial charge in [-0.3, -0.25) is 15.0 Å². The van der Waals surface area contributed by atoms with E-state index in [1.54, 1.807) is 43.5 Å². The first-order valence-electron chi connectivity index (χ1n) is 7.46. The third-order valence-electron chi connectivity index (χ3n) is 3.51. The van der Waals surface area contributed by atoms with Gasteiger partial charge in [0.1, 0.15) is 5.75 Å². The molecule has 0 unspecified atom stereocenters. The second-order valence-electron chi connectivity index (χ2n) is 5.24. The normalized spacial score (nSPS) is 15.5. The number of rotatable bonds is 4. The van der Waals surface area contributed by atoms with Crippen molar-refractivity contribution in [3.63, 3.8) is 0 Å². The van der Waals surface area contributed by atoms with Crippen LogP contribution in [0, 0.1) is 0 Å². The summed E-state index contributed by atoms with van der Waals surface area (Å²) >= 11 is 12.2. The van der Waals surface area contributed by atoms with Gasteiger partial charge in [0.2, 0.25) is 0 Å². The lowest BCUT2D eigenvalue weighted by atomic mass is 10.2. The maximum atomic E-state index is 12.6. The van der Waals surface area contributed by atoms with Crippen LogP contribution in [0.4, 0.5) is 0 Å². The zero-order valence-corrected chi connectivity index (χ0v) is 16.0. The maximum Gasteiger partial charge on any atom is 0.285 e. The number of nitrogens with zero attached hydrogens (tertiary/aromatic N) is 1. The third-order valence-corrected chi connectivity index (χ3v) is 5.06. The number of halogens is 1. The molecule has 5 nitrogen and oxygen atoms in total. The summed E-state index contributed by atoms with van der Waals surface area (Å²) in [5, 5.41) is 1.59. The van der Waals surface area contributed by atoms with Crippen LogP contribution in [-0.2, 0) is 4.79 Å². The van der Waals surface area contributed by atoms with E-state index >= 15 is 0 Å². The smallest absolute Gasteiger partial charge is 0.285 e. The Morgan fingerprint density at radius 1 is 1.27 bits per heavy atom. The predicted octanol–water partition coefficient (Wildman–Crippen LogP) is 3.89. The van der Waals surface area contributed by atoms with E-state index in [0.717, 1.165) is 22.3 Å². The summed E-state index contributed by atoms with van der Waals surface area (Å²) in [4.78, 5) is 25.3. The van der Waals surface area contributed by atoms with E-state index in [2.05, 4.69) is 5.43 Å². The summed E-state index contributed by atoms with van der Waals surface area (Å²) in [6, 6.07) is 13.6. The Morgan fingerprint density at radius 2 is 2.00 bits per heavy atom. The number of carbonyl (C=O) groups is 2. The van der Waals surface area contributed by atoms with Gasteiger partial charge in [-0.25, -0.2) is 0 Å². The second-order valence-corrected chi connectivity index (χ2v) is 7.35. The van der Waals surface area contributed by atoms with Crippen LogP contribution in [-0.4, -0.2) is 28.3 Å². The Bertz CT molecular complexity index is 913. The van der Waals surface area contributed by atoms with Crippen molar-refractivity contribution >= 4 is 57.8 Å². The number of carbonyl (C=O) groups excluding carboxylic acids is 2. The molecule has 1 heterocycles. The summed E-state index contributed by atoms with van der Waals surface area (Å²) in [6.45, 7) is 0. The molecule has 2 amide bonds. The van der Waals surface area contributed by atoms with Crippen LogP contribution < -0.4 is 10.2 Å². The highest BCUT2D eigenvalue weighted by molar-refractivity contribution is 8.26. The maximum absolute atomic E-state index is 12.6. The minimum absolute atomic E-state index is 0.256.